The number of nitrogens with zero attached hydrogens (tertiary/aromatic N) is 1. The minimum Gasteiger partial charge on any atom is -0.435 e. The number of amides is 1. The van der Waals surface area contributed by atoms with Crippen molar-refractivity contribution in [2.75, 3.05) is 19.9 Å². The van der Waals surface area contributed by atoms with Gasteiger partial charge in [0, 0.05) is 14.0 Å². The summed E-state index contributed by atoms with van der Waals surface area (Å²) in [5, 5.41) is 1.08. The molecule has 0 bridgehead atoms. The molecular weight excluding hydrogens is 222 g/mol. The van der Waals surface area contributed by atoms with Crippen LogP contribution in [-0.2, 0) is 23.9 Å². The fourth-order valence-corrected chi connectivity index (χ4v) is 1.97. The zero-order valence-corrected chi connectivity index (χ0v) is 9.58. The molecule has 0 radical (unpaired) electrons. The van der Waals surface area contributed by atoms with Crippen LogP contribution in [0.2, 0.25) is 0 Å². The monoisotopic (exact) mass is 235 g/mol. The molecule has 0 spiro atoms. The van der Waals surface area contributed by atoms with Crippen LogP contribution in [-0.4, -0.2) is 48.6 Å². The molecule has 1 aliphatic rings. The Labute approximate surface area is 91.8 Å². The van der Waals surface area contributed by atoms with Gasteiger partial charge in [0.25, 0.3) is 5.91 Å². The molecule has 1 heterocycles. The van der Waals surface area contributed by atoms with E-state index in [-0.39, 0.29) is 5.91 Å². The molecule has 1 rings (SSSR count). The lowest BCUT2D eigenvalue weighted by atomic mass is 10.6. The average molecular weight is 235 g/mol. The van der Waals surface area contributed by atoms with Gasteiger partial charge in [-0.15, -0.1) is 11.8 Å². The van der Waals surface area contributed by atoms with E-state index in [4.69, 9.17) is 14.3 Å². The maximum absolute atomic E-state index is 11.5. The summed E-state index contributed by atoms with van der Waals surface area (Å²) in [7, 11) is 2.88. The Morgan fingerprint density at radius 2 is 2.20 bits per heavy atom. The second-order valence-corrected chi connectivity index (χ2v) is 3.95. The van der Waals surface area contributed by atoms with Crippen molar-refractivity contribution in [2.45, 2.75) is 18.6 Å². The highest BCUT2D eigenvalue weighted by atomic mass is 32.2. The van der Waals surface area contributed by atoms with E-state index in [1.165, 1.54) is 32.8 Å². The maximum atomic E-state index is 11.5. The molecule has 7 heteroatoms. The standard InChI is InChI=1S/C8H13NO5S/c1-5(10)13-6-4-15-8(14-6)7(11)9(2)12-3/h6,8H,4H2,1-3H3. The van der Waals surface area contributed by atoms with E-state index >= 15 is 0 Å². The third kappa shape index (κ3) is 3.37. The number of likely N-dealkylation sites (N-methyl/N-ethyl adjacent to an activating group) is 1. The molecule has 0 N–H and O–H groups in total. The number of hydrogen-bond acceptors (Lipinski definition) is 6. The van der Waals surface area contributed by atoms with Gasteiger partial charge in [-0.05, 0) is 0 Å². The maximum Gasteiger partial charge on any atom is 0.304 e. The quantitative estimate of drug-likeness (QED) is 0.506. The first-order valence-corrected chi connectivity index (χ1v) is 5.35. The number of carbonyl (C=O) groups is 2. The minimum absolute atomic E-state index is 0.308. The minimum atomic E-state index is -0.667. The van der Waals surface area contributed by atoms with Gasteiger partial charge in [-0.2, -0.15) is 0 Å². The summed E-state index contributed by atoms with van der Waals surface area (Å²) in [6.45, 7) is 1.30. The lowest BCUT2D eigenvalue weighted by Crippen LogP contribution is -2.34. The number of carbonyl (C=O) groups excluding carboxylic acids is 2. The van der Waals surface area contributed by atoms with Crippen molar-refractivity contribution in [1.82, 2.24) is 5.06 Å². The molecule has 0 aromatic rings. The first-order chi connectivity index (χ1) is 7.04. The van der Waals surface area contributed by atoms with Gasteiger partial charge < -0.3 is 9.47 Å². The van der Waals surface area contributed by atoms with Crippen LogP contribution in [0, 0.1) is 0 Å². The number of hydrogen-bond donors (Lipinski definition) is 0. The molecule has 86 valence electrons. The topological polar surface area (TPSA) is 65.1 Å². The predicted molar refractivity (Wildman–Crippen MR) is 52.7 cm³/mol. The Hall–Kier alpha value is -0.790. The molecule has 1 saturated heterocycles. The highest BCUT2D eigenvalue weighted by Gasteiger charge is 2.35. The van der Waals surface area contributed by atoms with Crippen LogP contribution in [0.15, 0.2) is 0 Å². The largest absolute Gasteiger partial charge is 0.435 e. The zero-order chi connectivity index (χ0) is 11.4. The molecule has 2 atom stereocenters. The number of rotatable bonds is 3. The summed E-state index contributed by atoms with van der Waals surface area (Å²) in [6.07, 6.45) is -0.647. The summed E-state index contributed by atoms with van der Waals surface area (Å²) < 4.78 is 10.0. The van der Waals surface area contributed by atoms with Crippen LogP contribution in [0.1, 0.15) is 6.92 Å². The molecule has 2 unspecified atom stereocenters. The highest BCUT2D eigenvalue weighted by molar-refractivity contribution is 8.00. The second kappa shape index (κ2) is 5.34. The molecule has 15 heavy (non-hydrogen) atoms. The number of ether oxygens (including phenoxy) is 2. The van der Waals surface area contributed by atoms with E-state index in [1.54, 1.807) is 0 Å². The smallest absolute Gasteiger partial charge is 0.304 e. The summed E-state index contributed by atoms with van der Waals surface area (Å²) >= 11 is 1.27. The number of thioether (sulfide) groups is 1. The fourth-order valence-electron chi connectivity index (χ4n) is 0.997. The zero-order valence-electron chi connectivity index (χ0n) is 8.76. The molecule has 1 fully saturated rings. The molecular formula is C8H13NO5S. The van der Waals surface area contributed by atoms with Crippen molar-refractivity contribution in [2.24, 2.45) is 0 Å². The summed E-state index contributed by atoms with van der Waals surface area (Å²) in [5.74, 6) is -0.279. The van der Waals surface area contributed by atoms with Crippen LogP contribution in [0.3, 0.4) is 0 Å². The molecule has 0 aliphatic carbocycles. The van der Waals surface area contributed by atoms with Crippen LogP contribution < -0.4 is 0 Å². The molecule has 6 nitrogen and oxygen atoms in total. The third-order valence-corrected chi connectivity index (χ3v) is 2.82. The van der Waals surface area contributed by atoms with Crippen molar-refractivity contribution in [3.05, 3.63) is 0 Å². The fraction of sp³-hybridized carbons (Fsp3) is 0.750. The lowest BCUT2D eigenvalue weighted by molar-refractivity contribution is -0.190. The highest BCUT2D eigenvalue weighted by Crippen LogP contribution is 2.27. The van der Waals surface area contributed by atoms with Gasteiger partial charge >= 0.3 is 5.97 Å². The van der Waals surface area contributed by atoms with E-state index < -0.39 is 17.7 Å². The number of esters is 1. The molecule has 1 aliphatic heterocycles. The molecule has 1 amide bonds. The van der Waals surface area contributed by atoms with Crippen molar-refractivity contribution >= 4 is 23.6 Å². The van der Waals surface area contributed by atoms with Crippen molar-refractivity contribution in [1.29, 1.82) is 0 Å². The van der Waals surface area contributed by atoms with Gasteiger partial charge in [-0.3, -0.25) is 14.4 Å². The van der Waals surface area contributed by atoms with Crippen LogP contribution in [0.25, 0.3) is 0 Å². The van der Waals surface area contributed by atoms with E-state index in [0.717, 1.165) is 5.06 Å². The third-order valence-electron chi connectivity index (χ3n) is 1.74. The average Bonchev–Trinajstić information content (AvgIpc) is 2.63. The van der Waals surface area contributed by atoms with Crippen LogP contribution >= 0.6 is 11.8 Å². The van der Waals surface area contributed by atoms with E-state index in [2.05, 4.69) is 0 Å². The summed E-state index contributed by atoms with van der Waals surface area (Å²) in [4.78, 5) is 26.9. The summed E-state index contributed by atoms with van der Waals surface area (Å²) in [6, 6.07) is 0. The van der Waals surface area contributed by atoms with Crippen LogP contribution in [0.4, 0.5) is 0 Å². The van der Waals surface area contributed by atoms with Gasteiger partial charge in [0.15, 0.2) is 5.44 Å². The van der Waals surface area contributed by atoms with E-state index in [1.807, 2.05) is 0 Å². The van der Waals surface area contributed by atoms with Crippen molar-refractivity contribution in [3.63, 3.8) is 0 Å². The van der Waals surface area contributed by atoms with Crippen molar-refractivity contribution in [3.8, 4) is 0 Å². The summed E-state index contributed by atoms with van der Waals surface area (Å²) in [5.41, 5.74) is -0.667. The van der Waals surface area contributed by atoms with Gasteiger partial charge in [-0.1, -0.05) is 0 Å². The number of hydroxylamine groups is 2. The first-order valence-electron chi connectivity index (χ1n) is 4.30. The Morgan fingerprint density at radius 3 is 2.73 bits per heavy atom. The van der Waals surface area contributed by atoms with Gasteiger partial charge in [-0.25, -0.2) is 5.06 Å². The van der Waals surface area contributed by atoms with E-state index in [9.17, 15) is 9.59 Å². The van der Waals surface area contributed by atoms with Crippen molar-refractivity contribution < 1.29 is 23.9 Å². The van der Waals surface area contributed by atoms with Gasteiger partial charge in [0.1, 0.15) is 0 Å². The van der Waals surface area contributed by atoms with E-state index in [0.29, 0.717) is 5.75 Å². The predicted octanol–water partition coefficient (Wildman–Crippen LogP) is -0.0151. The Balaban J connectivity index is 2.42. The van der Waals surface area contributed by atoms with Crippen LogP contribution in [0.5, 0.6) is 0 Å². The Morgan fingerprint density at radius 1 is 1.53 bits per heavy atom. The molecule has 0 aromatic carbocycles. The first kappa shape index (κ1) is 12.3. The lowest BCUT2D eigenvalue weighted by Gasteiger charge is -2.17. The Bertz CT molecular complexity index is 259. The normalized spacial score (nSPS) is 25.0. The molecule has 0 saturated carbocycles. The van der Waals surface area contributed by atoms with Gasteiger partial charge in [0.2, 0.25) is 6.29 Å². The Kier molecular flexibility index (Phi) is 4.37. The molecule has 0 aromatic heterocycles. The SMILES string of the molecule is CON(C)C(=O)C1OC(OC(C)=O)CS1. The second-order valence-electron chi connectivity index (χ2n) is 2.86. The van der Waals surface area contributed by atoms with Gasteiger partial charge in [0.05, 0.1) is 12.9 Å².